The van der Waals surface area contributed by atoms with E-state index in [-0.39, 0.29) is 6.04 Å². The topological polar surface area (TPSA) is 48.3 Å². The van der Waals surface area contributed by atoms with Crippen LogP contribution in [0.25, 0.3) is 0 Å². The SMILES string of the molecule is CNC(c1cc(OC)cc(OC)c1)c1ccnn1C. The van der Waals surface area contributed by atoms with Gasteiger partial charge in [0.1, 0.15) is 11.5 Å². The summed E-state index contributed by atoms with van der Waals surface area (Å²) < 4.78 is 12.5. The predicted octanol–water partition coefficient (Wildman–Crippen LogP) is 1.75. The average Bonchev–Trinajstić information content (AvgIpc) is 2.85. The van der Waals surface area contributed by atoms with Crippen molar-refractivity contribution in [3.8, 4) is 11.5 Å². The summed E-state index contributed by atoms with van der Waals surface area (Å²) in [5.41, 5.74) is 2.15. The molecule has 102 valence electrons. The van der Waals surface area contributed by atoms with E-state index in [0.29, 0.717) is 0 Å². The minimum Gasteiger partial charge on any atom is -0.497 e. The van der Waals surface area contributed by atoms with E-state index < -0.39 is 0 Å². The minimum atomic E-state index is 0.0384. The predicted molar refractivity (Wildman–Crippen MR) is 73.7 cm³/mol. The van der Waals surface area contributed by atoms with E-state index in [1.165, 1.54) is 0 Å². The van der Waals surface area contributed by atoms with Gasteiger partial charge in [-0.2, -0.15) is 5.10 Å². The molecule has 1 unspecified atom stereocenters. The van der Waals surface area contributed by atoms with Crippen molar-refractivity contribution in [2.75, 3.05) is 21.3 Å². The molecular weight excluding hydrogens is 242 g/mol. The van der Waals surface area contributed by atoms with E-state index in [1.54, 1.807) is 20.4 Å². The maximum absolute atomic E-state index is 5.31. The molecule has 1 aromatic heterocycles. The van der Waals surface area contributed by atoms with Gasteiger partial charge >= 0.3 is 0 Å². The van der Waals surface area contributed by atoms with Crippen LogP contribution in [0.3, 0.4) is 0 Å². The van der Waals surface area contributed by atoms with Gasteiger partial charge in [0.25, 0.3) is 0 Å². The fraction of sp³-hybridized carbons (Fsp3) is 0.357. The molecule has 0 saturated carbocycles. The molecule has 0 bridgehead atoms. The van der Waals surface area contributed by atoms with Gasteiger partial charge in [0.2, 0.25) is 0 Å². The zero-order valence-electron chi connectivity index (χ0n) is 11.7. The zero-order valence-corrected chi connectivity index (χ0v) is 11.7. The molecule has 2 aromatic rings. The van der Waals surface area contributed by atoms with E-state index >= 15 is 0 Å². The zero-order chi connectivity index (χ0) is 13.8. The fourth-order valence-corrected chi connectivity index (χ4v) is 2.15. The lowest BCUT2D eigenvalue weighted by atomic mass is 10.0. The molecule has 0 aliphatic rings. The highest BCUT2D eigenvalue weighted by molar-refractivity contribution is 5.42. The maximum Gasteiger partial charge on any atom is 0.122 e. The van der Waals surface area contributed by atoms with Crippen molar-refractivity contribution < 1.29 is 9.47 Å². The molecule has 1 heterocycles. The van der Waals surface area contributed by atoms with Crippen molar-refractivity contribution >= 4 is 0 Å². The first-order valence-electron chi connectivity index (χ1n) is 6.07. The number of rotatable bonds is 5. The van der Waals surface area contributed by atoms with Crippen LogP contribution in [0.5, 0.6) is 11.5 Å². The van der Waals surface area contributed by atoms with Crippen molar-refractivity contribution in [3.05, 3.63) is 41.7 Å². The normalized spacial score (nSPS) is 12.2. The number of aromatic nitrogens is 2. The minimum absolute atomic E-state index is 0.0384. The number of hydrogen-bond donors (Lipinski definition) is 1. The number of nitrogens with zero attached hydrogens (tertiary/aromatic N) is 2. The molecule has 0 aliphatic carbocycles. The van der Waals surface area contributed by atoms with Gasteiger partial charge in [0.15, 0.2) is 0 Å². The first-order valence-corrected chi connectivity index (χ1v) is 6.07. The second kappa shape index (κ2) is 5.75. The molecule has 0 saturated heterocycles. The lowest BCUT2D eigenvalue weighted by Crippen LogP contribution is -2.20. The standard InChI is InChI=1S/C14H19N3O2/c1-15-14(13-5-6-16-17(13)2)10-7-11(18-3)9-12(8-10)19-4/h5-9,14-15H,1-4H3. The van der Waals surface area contributed by atoms with Gasteiger partial charge in [-0.05, 0) is 30.8 Å². The van der Waals surface area contributed by atoms with E-state index in [9.17, 15) is 0 Å². The number of benzene rings is 1. The van der Waals surface area contributed by atoms with Gasteiger partial charge in [-0.15, -0.1) is 0 Å². The molecule has 0 fully saturated rings. The van der Waals surface area contributed by atoms with Crippen molar-refractivity contribution in [1.82, 2.24) is 15.1 Å². The van der Waals surface area contributed by atoms with Gasteiger partial charge < -0.3 is 14.8 Å². The van der Waals surface area contributed by atoms with Gasteiger partial charge in [-0.1, -0.05) is 0 Å². The molecule has 1 N–H and O–H groups in total. The van der Waals surface area contributed by atoms with E-state index in [0.717, 1.165) is 22.8 Å². The Labute approximate surface area is 113 Å². The van der Waals surface area contributed by atoms with Gasteiger partial charge in [-0.3, -0.25) is 4.68 Å². The molecule has 1 atom stereocenters. The lowest BCUT2D eigenvalue weighted by Gasteiger charge is -2.18. The largest absolute Gasteiger partial charge is 0.497 e. The summed E-state index contributed by atoms with van der Waals surface area (Å²) in [7, 11) is 7.15. The summed E-state index contributed by atoms with van der Waals surface area (Å²) in [5, 5.41) is 7.50. The highest BCUT2D eigenvalue weighted by atomic mass is 16.5. The number of ether oxygens (including phenoxy) is 2. The highest BCUT2D eigenvalue weighted by Gasteiger charge is 2.17. The second-order valence-corrected chi connectivity index (χ2v) is 4.25. The molecule has 0 spiro atoms. The van der Waals surface area contributed by atoms with Gasteiger partial charge in [-0.25, -0.2) is 0 Å². The molecule has 0 aliphatic heterocycles. The van der Waals surface area contributed by atoms with Crippen LogP contribution in [0, 0.1) is 0 Å². The molecule has 1 aromatic carbocycles. The summed E-state index contributed by atoms with van der Waals surface area (Å²) in [6.07, 6.45) is 1.79. The fourth-order valence-electron chi connectivity index (χ4n) is 2.15. The first-order chi connectivity index (χ1) is 9.19. The van der Waals surface area contributed by atoms with Crippen LogP contribution in [0.4, 0.5) is 0 Å². The third kappa shape index (κ3) is 2.71. The van der Waals surface area contributed by atoms with E-state index in [1.807, 2.05) is 43.0 Å². The Balaban J connectivity index is 2.46. The Kier molecular flexibility index (Phi) is 4.06. The molecular formula is C14H19N3O2. The molecule has 19 heavy (non-hydrogen) atoms. The monoisotopic (exact) mass is 261 g/mol. The summed E-state index contributed by atoms with van der Waals surface area (Å²) >= 11 is 0. The van der Waals surface area contributed by atoms with E-state index in [2.05, 4.69) is 10.4 Å². The van der Waals surface area contributed by atoms with Crippen molar-refractivity contribution in [1.29, 1.82) is 0 Å². The van der Waals surface area contributed by atoms with Crippen molar-refractivity contribution in [2.24, 2.45) is 7.05 Å². The molecule has 0 amide bonds. The number of hydrogen-bond acceptors (Lipinski definition) is 4. The Morgan fingerprint density at radius 2 is 1.79 bits per heavy atom. The van der Waals surface area contributed by atoms with Crippen LogP contribution in [0.15, 0.2) is 30.5 Å². The Hall–Kier alpha value is -2.01. The quantitative estimate of drug-likeness (QED) is 0.890. The summed E-state index contributed by atoms with van der Waals surface area (Å²) in [6, 6.07) is 7.89. The van der Waals surface area contributed by atoms with Crippen LogP contribution in [0.1, 0.15) is 17.3 Å². The highest BCUT2D eigenvalue weighted by Crippen LogP contribution is 2.29. The average molecular weight is 261 g/mol. The second-order valence-electron chi connectivity index (χ2n) is 4.25. The van der Waals surface area contributed by atoms with Crippen LogP contribution >= 0.6 is 0 Å². The van der Waals surface area contributed by atoms with Crippen molar-refractivity contribution in [2.45, 2.75) is 6.04 Å². The first kappa shape index (κ1) is 13.4. The van der Waals surface area contributed by atoms with Crippen LogP contribution < -0.4 is 14.8 Å². The molecule has 2 rings (SSSR count). The van der Waals surface area contributed by atoms with Crippen LogP contribution in [-0.2, 0) is 7.05 Å². The molecule has 5 heteroatoms. The Bertz CT molecular complexity index is 529. The molecule has 5 nitrogen and oxygen atoms in total. The summed E-state index contributed by atoms with van der Waals surface area (Å²) in [6.45, 7) is 0. The number of nitrogens with one attached hydrogen (secondary N) is 1. The number of methoxy groups -OCH3 is 2. The molecule has 0 radical (unpaired) electrons. The third-order valence-corrected chi connectivity index (χ3v) is 3.15. The van der Waals surface area contributed by atoms with Crippen LogP contribution in [0.2, 0.25) is 0 Å². The summed E-state index contributed by atoms with van der Waals surface area (Å²) in [5.74, 6) is 1.55. The lowest BCUT2D eigenvalue weighted by molar-refractivity contribution is 0.392. The Morgan fingerprint density at radius 1 is 1.16 bits per heavy atom. The number of aryl methyl sites for hydroxylation is 1. The van der Waals surface area contributed by atoms with Gasteiger partial charge in [0, 0.05) is 19.3 Å². The maximum atomic E-state index is 5.31. The Morgan fingerprint density at radius 3 is 2.21 bits per heavy atom. The van der Waals surface area contributed by atoms with Crippen molar-refractivity contribution in [3.63, 3.8) is 0 Å². The van der Waals surface area contributed by atoms with Gasteiger partial charge in [0.05, 0.1) is 26.0 Å². The van der Waals surface area contributed by atoms with E-state index in [4.69, 9.17) is 9.47 Å². The third-order valence-electron chi connectivity index (χ3n) is 3.15. The smallest absolute Gasteiger partial charge is 0.122 e. The summed E-state index contributed by atoms with van der Waals surface area (Å²) in [4.78, 5) is 0. The van der Waals surface area contributed by atoms with Crippen LogP contribution in [-0.4, -0.2) is 31.0 Å².